The maximum absolute atomic E-state index is 12.6. The van der Waals surface area contributed by atoms with E-state index in [2.05, 4.69) is 31.1 Å². The van der Waals surface area contributed by atoms with Crippen molar-refractivity contribution in [3.8, 4) is 11.8 Å². The fraction of sp³-hybridized carbons (Fsp3) is 0.353. The lowest BCUT2D eigenvalue weighted by Gasteiger charge is -2.14. The topological polar surface area (TPSA) is 113 Å². The van der Waals surface area contributed by atoms with E-state index in [0.717, 1.165) is 12.0 Å². The number of nitrogens with one attached hydrogen (secondary N) is 1. The lowest BCUT2D eigenvalue weighted by molar-refractivity contribution is -0.138. The molecule has 1 unspecified atom stereocenters. The number of hydrogen-bond acceptors (Lipinski definition) is 6. The Morgan fingerprint density at radius 3 is 2.75 bits per heavy atom. The van der Waals surface area contributed by atoms with Crippen LogP contribution in [-0.2, 0) is 20.7 Å². The molecule has 1 aromatic rings. The molecule has 0 bridgehead atoms. The number of ether oxygens (including phenoxy) is 1. The van der Waals surface area contributed by atoms with Crippen LogP contribution in [0.2, 0.25) is 0 Å². The summed E-state index contributed by atoms with van der Waals surface area (Å²) < 4.78 is 17.4. The van der Waals surface area contributed by atoms with Gasteiger partial charge in [0.15, 0.2) is 10.6 Å². The molecule has 5 N–H and O–H groups in total. The van der Waals surface area contributed by atoms with Gasteiger partial charge in [0.2, 0.25) is 0 Å². The summed E-state index contributed by atoms with van der Waals surface area (Å²) in [6, 6.07) is 6.89. The van der Waals surface area contributed by atoms with Crippen LogP contribution in [0.4, 0.5) is 0 Å². The molecular weight excluding hydrogens is 326 g/mol. The second-order valence-electron chi connectivity index (χ2n) is 5.30. The van der Waals surface area contributed by atoms with Crippen molar-refractivity contribution in [1.82, 2.24) is 5.43 Å². The van der Waals surface area contributed by atoms with Gasteiger partial charge in [-0.2, -0.15) is 0 Å². The minimum Gasteiger partial charge on any atom is -0.605 e. The molecule has 7 heteroatoms. The van der Waals surface area contributed by atoms with Crippen molar-refractivity contribution in [3.63, 3.8) is 0 Å². The van der Waals surface area contributed by atoms with Gasteiger partial charge in [0.25, 0.3) is 5.03 Å². The first-order chi connectivity index (χ1) is 11.4. The highest BCUT2D eigenvalue weighted by Crippen LogP contribution is 2.20. The molecule has 0 saturated carbocycles. The van der Waals surface area contributed by atoms with Gasteiger partial charge >= 0.3 is 5.97 Å². The van der Waals surface area contributed by atoms with Crippen molar-refractivity contribution in [2.24, 2.45) is 17.5 Å². The summed E-state index contributed by atoms with van der Waals surface area (Å²) in [6.07, 6.45) is 0.776. The average Bonchev–Trinajstić information content (AvgIpc) is 2.55. The summed E-state index contributed by atoms with van der Waals surface area (Å²) in [5.41, 5.74) is 8.34. The smallest absolute Gasteiger partial charge is 0.361 e. The van der Waals surface area contributed by atoms with Crippen LogP contribution in [0.3, 0.4) is 0 Å². The summed E-state index contributed by atoms with van der Waals surface area (Å²) in [4.78, 5) is 12.1. The van der Waals surface area contributed by atoms with Crippen LogP contribution in [0.15, 0.2) is 39.9 Å². The highest BCUT2D eigenvalue weighted by molar-refractivity contribution is 7.95. The molecule has 0 saturated heterocycles. The maximum atomic E-state index is 12.6. The van der Waals surface area contributed by atoms with Crippen LogP contribution >= 0.6 is 0 Å². The number of carbonyl (C=O) groups is 1. The molecule has 0 heterocycles. The number of hydrogen-bond donors (Lipinski definition) is 3. The van der Waals surface area contributed by atoms with E-state index in [1.54, 1.807) is 25.1 Å². The largest absolute Gasteiger partial charge is 0.605 e. The Labute approximate surface area is 145 Å². The fourth-order valence-electron chi connectivity index (χ4n) is 1.70. The molecule has 0 spiro atoms. The maximum Gasteiger partial charge on any atom is 0.361 e. The fourth-order valence-corrected chi connectivity index (χ4v) is 2.76. The van der Waals surface area contributed by atoms with E-state index < -0.39 is 17.1 Å². The van der Waals surface area contributed by atoms with Crippen molar-refractivity contribution in [2.75, 3.05) is 6.61 Å². The first-order valence-electron chi connectivity index (χ1n) is 7.54. The SMILES string of the molecule is CCOC(=O)/C(N)=C(/NN)[S+]([O-])c1cccc(C#CCC(C)C)c1. The number of carbonyl (C=O) groups excluding carboxylic acids is 1. The summed E-state index contributed by atoms with van der Waals surface area (Å²) in [5, 5.41) is -0.0965. The van der Waals surface area contributed by atoms with Crippen LogP contribution in [0.5, 0.6) is 0 Å². The lowest BCUT2D eigenvalue weighted by Crippen LogP contribution is -2.33. The Morgan fingerprint density at radius 1 is 1.46 bits per heavy atom. The molecule has 1 aromatic carbocycles. The van der Waals surface area contributed by atoms with Crippen LogP contribution in [-0.4, -0.2) is 17.1 Å². The van der Waals surface area contributed by atoms with E-state index in [0.29, 0.717) is 10.8 Å². The summed E-state index contributed by atoms with van der Waals surface area (Å²) in [5.74, 6) is 11.2. The van der Waals surface area contributed by atoms with Gasteiger partial charge in [-0.15, -0.1) is 0 Å². The molecule has 1 atom stereocenters. The Hall–Kier alpha value is -2.14. The Kier molecular flexibility index (Phi) is 8.19. The van der Waals surface area contributed by atoms with E-state index in [-0.39, 0.29) is 17.3 Å². The van der Waals surface area contributed by atoms with Gasteiger partial charge in [0.1, 0.15) is 0 Å². The zero-order chi connectivity index (χ0) is 18.1. The van der Waals surface area contributed by atoms with Crippen LogP contribution in [0.25, 0.3) is 0 Å². The summed E-state index contributed by atoms with van der Waals surface area (Å²) in [6.45, 7) is 5.98. The first kappa shape index (κ1) is 19.9. The molecule has 0 aliphatic rings. The van der Waals surface area contributed by atoms with Crippen molar-refractivity contribution < 1.29 is 14.1 Å². The van der Waals surface area contributed by atoms with Gasteiger partial charge in [0, 0.05) is 29.2 Å². The highest BCUT2D eigenvalue weighted by atomic mass is 32.2. The summed E-state index contributed by atoms with van der Waals surface area (Å²) in [7, 11) is 0. The third-order valence-electron chi connectivity index (χ3n) is 2.85. The van der Waals surface area contributed by atoms with Crippen LogP contribution < -0.4 is 17.0 Å². The third kappa shape index (κ3) is 5.81. The van der Waals surface area contributed by atoms with E-state index in [1.807, 2.05) is 6.07 Å². The first-order valence-corrected chi connectivity index (χ1v) is 8.69. The number of esters is 1. The number of nitrogens with two attached hydrogens (primary N) is 2. The predicted octanol–water partition coefficient (Wildman–Crippen LogP) is 1.35. The van der Waals surface area contributed by atoms with E-state index >= 15 is 0 Å². The predicted molar refractivity (Wildman–Crippen MR) is 94.4 cm³/mol. The molecular formula is C17H23N3O3S. The second-order valence-corrected chi connectivity index (χ2v) is 6.72. The number of rotatable bonds is 6. The molecule has 0 radical (unpaired) electrons. The van der Waals surface area contributed by atoms with Gasteiger partial charge in [-0.25, -0.2) is 10.6 Å². The molecule has 0 aliphatic carbocycles. The number of benzene rings is 1. The second kappa shape index (κ2) is 9.88. The minimum absolute atomic E-state index is 0.0965. The van der Waals surface area contributed by atoms with E-state index in [4.69, 9.17) is 16.3 Å². The van der Waals surface area contributed by atoms with Crippen LogP contribution in [0, 0.1) is 17.8 Å². The standard InChI is InChI=1S/C17H23N3O3S/c1-4-23-17(21)15(18)16(20-19)24(22)14-10-6-9-13(11-14)8-5-7-12(2)3/h6,9-12,20H,4,7,18-19H2,1-3H3/b16-15+. The van der Waals surface area contributed by atoms with E-state index in [1.165, 1.54) is 0 Å². The van der Waals surface area contributed by atoms with Gasteiger partial charge < -0.3 is 15.0 Å². The summed E-state index contributed by atoms with van der Waals surface area (Å²) >= 11 is -1.75. The Bertz CT molecular complexity index is 663. The Morgan fingerprint density at radius 2 is 2.17 bits per heavy atom. The molecule has 1 rings (SSSR count). The highest BCUT2D eigenvalue weighted by Gasteiger charge is 2.25. The van der Waals surface area contributed by atoms with Gasteiger partial charge in [-0.05, 0) is 25.0 Å². The van der Waals surface area contributed by atoms with Gasteiger partial charge in [-0.1, -0.05) is 31.8 Å². The molecule has 0 fully saturated rings. The van der Waals surface area contributed by atoms with Gasteiger partial charge in [-0.3, -0.25) is 5.43 Å². The third-order valence-corrected chi connectivity index (χ3v) is 4.24. The zero-order valence-electron chi connectivity index (χ0n) is 14.1. The molecule has 130 valence electrons. The number of hydrazine groups is 1. The lowest BCUT2D eigenvalue weighted by atomic mass is 10.1. The van der Waals surface area contributed by atoms with Crippen molar-refractivity contribution in [2.45, 2.75) is 32.1 Å². The van der Waals surface area contributed by atoms with Crippen molar-refractivity contribution in [1.29, 1.82) is 0 Å². The molecule has 6 nitrogen and oxygen atoms in total. The monoisotopic (exact) mass is 349 g/mol. The van der Waals surface area contributed by atoms with Crippen LogP contribution in [0.1, 0.15) is 32.8 Å². The van der Waals surface area contributed by atoms with E-state index in [9.17, 15) is 9.35 Å². The normalized spacial score (nSPS) is 12.8. The quantitative estimate of drug-likeness (QED) is 0.178. The van der Waals surface area contributed by atoms with Crippen molar-refractivity contribution >= 4 is 17.1 Å². The Balaban J connectivity index is 3.08. The molecule has 24 heavy (non-hydrogen) atoms. The molecule has 0 aliphatic heterocycles. The molecule has 0 aromatic heterocycles. The molecule has 0 amide bonds. The average molecular weight is 349 g/mol. The minimum atomic E-state index is -1.75. The van der Waals surface area contributed by atoms with Gasteiger partial charge in [0.05, 0.1) is 6.61 Å². The zero-order valence-corrected chi connectivity index (χ0v) is 14.9. The van der Waals surface area contributed by atoms with Crippen molar-refractivity contribution in [3.05, 3.63) is 40.6 Å².